The normalized spacial score (nSPS) is 18.5. The van der Waals surface area contributed by atoms with Gasteiger partial charge in [-0.2, -0.15) is 0 Å². The van der Waals surface area contributed by atoms with Crippen LogP contribution in [0.4, 0.5) is 9.18 Å². The number of carbonyl (C=O) groups is 1. The molecule has 1 aromatic rings. The first-order valence-electron chi connectivity index (χ1n) is 7.28. The van der Waals surface area contributed by atoms with Crippen LogP contribution >= 0.6 is 0 Å². The fourth-order valence-corrected chi connectivity index (χ4v) is 3.07. The average molecular weight is 328 g/mol. The summed E-state index contributed by atoms with van der Waals surface area (Å²) >= 11 is 0. The zero-order valence-electron chi connectivity index (χ0n) is 12.6. The van der Waals surface area contributed by atoms with E-state index in [1.54, 1.807) is 17.0 Å². The average Bonchev–Trinajstić information content (AvgIpc) is 2.88. The summed E-state index contributed by atoms with van der Waals surface area (Å²) in [6, 6.07) is 6.21. The van der Waals surface area contributed by atoms with Gasteiger partial charge in [-0.25, -0.2) is 17.6 Å². The van der Waals surface area contributed by atoms with Gasteiger partial charge in [0, 0.05) is 25.9 Å². The summed E-state index contributed by atoms with van der Waals surface area (Å²) in [5.74, 6) is 0.0548. The van der Waals surface area contributed by atoms with E-state index in [9.17, 15) is 17.6 Å². The van der Waals surface area contributed by atoms with Crippen molar-refractivity contribution in [3.05, 3.63) is 35.6 Å². The number of benzene rings is 1. The Labute approximate surface area is 130 Å². The summed E-state index contributed by atoms with van der Waals surface area (Å²) in [5, 5.41) is 2.63. The van der Waals surface area contributed by atoms with Gasteiger partial charge in [-0.15, -0.1) is 0 Å². The molecule has 1 aliphatic rings. The fourth-order valence-electron chi connectivity index (χ4n) is 2.59. The Hall–Kier alpha value is -1.63. The van der Waals surface area contributed by atoms with Crippen LogP contribution in [0.5, 0.6) is 0 Å². The molecule has 2 amide bonds. The molecule has 0 aromatic heterocycles. The van der Waals surface area contributed by atoms with Crippen LogP contribution in [0.15, 0.2) is 24.3 Å². The highest BCUT2D eigenvalue weighted by atomic mass is 32.2. The maximum atomic E-state index is 12.9. The van der Waals surface area contributed by atoms with E-state index in [-0.39, 0.29) is 24.1 Å². The van der Waals surface area contributed by atoms with Crippen molar-refractivity contribution in [2.24, 2.45) is 5.92 Å². The molecule has 1 heterocycles. The Balaban J connectivity index is 1.77. The van der Waals surface area contributed by atoms with Gasteiger partial charge in [0.1, 0.15) is 15.7 Å². The van der Waals surface area contributed by atoms with E-state index in [0.717, 1.165) is 24.7 Å². The van der Waals surface area contributed by atoms with Crippen molar-refractivity contribution in [1.29, 1.82) is 0 Å². The van der Waals surface area contributed by atoms with Crippen LogP contribution in [-0.2, 0) is 16.3 Å². The van der Waals surface area contributed by atoms with E-state index in [1.807, 2.05) is 0 Å². The van der Waals surface area contributed by atoms with E-state index in [2.05, 4.69) is 5.32 Å². The highest BCUT2D eigenvalue weighted by Crippen LogP contribution is 2.21. The van der Waals surface area contributed by atoms with E-state index in [1.165, 1.54) is 12.1 Å². The van der Waals surface area contributed by atoms with E-state index in [4.69, 9.17) is 0 Å². The summed E-state index contributed by atoms with van der Waals surface area (Å²) in [7, 11) is -3.06. The van der Waals surface area contributed by atoms with Gasteiger partial charge in [-0.1, -0.05) is 12.1 Å². The molecule has 1 N–H and O–H groups in total. The third kappa shape index (κ3) is 5.29. The van der Waals surface area contributed by atoms with Crippen molar-refractivity contribution < 1.29 is 17.6 Å². The van der Waals surface area contributed by atoms with Crippen LogP contribution < -0.4 is 5.32 Å². The van der Waals surface area contributed by atoms with Crippen LogP contribution in [0.3, 0.4) is 0 Å². The van der Waals surface area contributed by atoms with Gasteiger partial charge >= 0.3 is 6.03 Å². The predicted octanol–water partition coefficient (Wildman–Crippen LogP) is 1.44. The van der Waals surface area contributed by atoms with Gasteiger partial charge in [-0.05, 0) is 36.5 Å². The molecule has 0 bridgehead atoms. The van der Waals surface area contributed by atoms with Gasteiger partial charge < -0.3 is 10.2 Å². The smallest absolute Gasteiger partial charge is 0.317 e. The molecule has 7 heteroatoms. The molecule has 1 saturated heterocycles. The lowest BCUT2D eigenvalue weighted by atomic mass is 9.99. The number of amides is 2. The number of nitrogens with zero attached hydrogens (tertiary/aromatic N) is 1. The number of halogens is 1. The standard InChI is InChI=1S/C15H21FN2O3S/c1-22(20,21)9-7-17-15(19)18-8-6-13(11-18)10-12-2-4-14(16)5-3-12/h2-5,13H,6-11H2,1H3,(H,17,19). The van der Waals surface area contributed by atoms with E-state index in [0.29, 0.717) is 19.0 Å². The number of sulfone groups is 1. The van der Waals surface area contributed by atoms with Crippen LogP contribution in [0, 0.1) is 11.7 Å². The van der Waals surface area contributed by atoms with E-state index >= 15 is 0 Å². The third-order valence-electron chi connectivity index (χ3n) is 3.76. The Bertz CT molecular complexity index is 616. The lowest BCUT2D eigenvalue weighted by molar-refractivity contribution is 0.207. The van der Waals surface area contributed by atoms with Gasteiger partial charge in [0.05, 0.1) is 5.75 Å². The first kappa shape index (κ1) is 16.7. The molecule has 0 aliphatic carbocycles. The molecule has 0 spiro atoms. The fraction of sp³-hybridized carbons (Fsp3) is 0.533. The molecule has 1 aromatic carbocycles. The first-order chi connectivity index (χ1) is 10.3. The third-order valence-corrected chi connectivity index (χ3v) is 4.71. The zero-order valence-corrected chi connectivity index (χ0v) is 13.4. The van der Waals surface area contributed by atoms with Gasteiger partial charge in [0.25, 0.3) is 0 Å². The Morgan fingerprint density at radius 1 is 1.36 bits per heavy atom. The van der Waals surface area contributed by atoms with Gasteiger partial charge in [0.2, 0.25) is 0 Å². The maximum absolute atomic E-state index is 12.9. The molecule has 1 fully saturated rings. The van der Waals surface area contributed by atoms with Crippen molar-refractivity contribution >= 4 is 15.9 Å². The molecule has 1 unspecified atom stereocenters. The number of rotatable bonds is 5. The van der Waals surface area contributed by atoms with E-state index < -0.39 is 9.84 Å². The number of urea groups is 1. The lowest BCUT2D eigenvalue weighted by Crippen LogP contribution is -2.40. The number of nitrogens with one attached hydrogen (secondary N) is 1. The monoisotopic (exact) mass is 328 g/mol. The lowest BCUT2D eigenvalue weighted by Gasteiger charge is -2.17. The SMILES string of the molecule is CS(=O)(=O)CCNC(=O)N1CCC(Cc2ccc(F)cc2)C1. The molecule has 0 radical (unpaired) electrons. The summed E-state index contributed by atoms with van der Waals surface area (Å²) in [4.78, 5) is 13.6. The highest BCUT2D eigenvalue weighted by molar-refractivity contribution is 7.90. The molecular formula is C15H21FN2O3S. The molecule has 1 aliphatic heterocycles. The molecule has 1 atom stereocenters. The summed E-state index contributed by atoms with van der Waals surface area (Å²) < 4.78 is 34.9. The van der Waals surface area contributed by atoms with Crippen LogP contribution in [0.2, 0.25) is 0 Å². The molecule has 0 saturated carbocycles. The summed E-state index contributed by atoms with van der Waals surface area (Å²) in [5.41, 5.74) is 1.06. The molecular weight excluding hydrogens is 307 g/mol. The Morgan fingerprint density at radius 3 is 2.68 bits per heavy atom. The van der Waals surface area contributed by atoms with Crippen molar-refractivity contribution in [2.75, 3.05) is 31.6 Å². The maximum Gasteiger partial charge on any atom is 0.317 e. The van der Waals surface area contributed by atoms with Crippen molar-refractivity contribution in [2.45, 2.75) is 12.8 Å². The number of likely N-dealkylation sites (tertiary alicyclic amines) is 1. The first-order valence-corrected chi connectivity index (χ1v) is 9.34. The molecule has 2 rings (SSSR count). The number of hydrogen-bond donors (Lipinski definition) is 1. The molecule has 5 nitrogen and oxygen atoms in total. The van der Waals surface area contributed by atoms with Crippen molar-refractivity contribution in [1.82, 2.24) is 10.2 Å². The van der Waals surface area contributed by atoms with Crippen molar-refractivity contribution in [3.8, 4) is 0 Å². The second-order valence-corrected chi connectivity index (χ2v) is 8.05. The number of hydrogen-bond acceptors (Lipinski definition) is 3. The number of carbonyl (C=O) groups excluding carboxylic acids is 1. The van der Waals surface area contributed by atoms with Crippen LogP contribution in [0.1, 0.15) is 12.0 Å². The Morgan fingerprint density at radius 2 is 2.05 bits per heavy atom. The Kier molecular flexibility index (Phi) is 5.39. The topological polar surface area (TPSA) is 66.5 Å². The van der Waals surface area contributed by atoms with Crippen LogP contribution in [0.25, 0.3) is 0 Å². The molecule has 22 heavy (non-hydrogen) atoms. The summed E-state index contributed by atoms with van der Waals surface area (Å²) in [6.07, 6.45) is 2.86. The zero-order chi connectivity index (χ0) is 16.2. The predicted molar refractivity (Wildman–Crippen MR) is 82.9 cm³/mol. The van der Waals surface area contributed by atoms with Gasteiger partial charge in [-0.3, -0.25) is 0 Å². The molecule has 122 valence electrons. The summed E-state index contributed by atoms with van der Waals surface area (Å²) in [6.45, 7) is 1.44. The quantitative estimate of drug-likeness (QED) is 0.889. The van der Waals surface area contributed by atoms with Crippen molar-refractivity contribution in [3.63, 3.8) is 0 Å². The minimum atomic E-state index is -3.06. The minimum absolute atomic E-state index is 0.0500. The van der Waals surface area contributed by atoms with Gasteiger partial charge in [0.15, 0.2) is 0 Å². The second kappa shape index (κ2) is 7.09. The minimum Gasteiger partial charge on any atom is -0.337 e. The highest BCUT2D eigenvalue weighted by Gasteiger charge is 2.26. The van der Waals surface area contributed by atoms with Crippen LogP contribution in [-0.4, -0.2) is 51.0 Å². The second-order valence-electron chi connectivity index (χ2n) is 5.79. The largest absolute Gasteiger partial charge is 0.337 e.